The van der Waals surface area contributed by atoms with Crippen molar-refractivity contribution in [3.63, 3.8) is 0 Å². The number of hydrogen-bond donors (Lipinski definition) is 1. The second kappa shape index (κ2) is 7.82. The summed E-state index contributed by atoms with van der Waals surface area (Å²) >= 11 is 0. The Morgan fingerprint density at radius 2 is 1.90 bits per heavy atom. The third-order valence-electron chi connectivity index (χ3n) is 5.91. The molecule has 2 rings (SSSR count). The van der Waals surface area contributed by atoms with Crippen molar-refractivity contribution in [3.05, 3.63) is 0 Å². The fraction of sp³-hybridized carbons (Fsp3) is 1.00. The van der Waals surface area contributed by atoms with Gasteiger partial charge in [0.15, 0.2) is 0 Å². The fourth-order valence-corrected chi connectivity index (χ4v) is 4.86. The smallest absolute Gasteiger partial charge is 0.00107 e. The van der Waals surface area contributed by atoms with Crippen LogP contribution in [0.25, 0.3) is 0 Å². The van der Waals surface area contributed by atoms with Gasteiger partial charge >= 0.3 is 0 Å². The first-order valence-electron chi connectivity index (χ1n) is 9.37. The summed E-state index contributed by atoms with van der Waals surface area (Å²) in [6.07, 6.45) is 14.9. The van der Waals surface area contributed by atoms with Gasteiger partial charge in [0.1, 0.15) is 0 Å². The third-order valence-corrected chi connectivity index (χ3v) is 5.91. The topological polar surface area (TPSA) is 12.0 Å². The summed E-state index contributed by atoms with van der Waals surface area (Å²) in [6.45, 7) is 9.47. The molecule has 2 fully saturated rings. The minimum atomic E-state index is 0.685. The van der Waals surface area contributed by atoms with E-state index >= 15 is 0 Å². The maximum atomic E-state index is 3.80. The van der Waals surface area contributed by atoms with E-state index in [9.17, 15) is 0 Å². The minimum Gasteiger partial charge on any atom is -0.316 e. The Morgan fingerprint density at radius 3 is 2.50 bits per heavy atom. The molecule has 118 valence electrons. The van der Waals surface area contributed by atoms with E-state index in [2.05, 4.69) is 26.1 Å². The minimum absolute atomic E-state index is 0.685. The van der Waals surface area contributed by atoms with Crippen LogP contribution in [-0.2, 0) is 0 Å². The van der Waals surface area contributed by atoms with Crippen molar-refractivity contribution in [2.45, 2.75) is 85.0 Å². The van der Waals surface area contributed by atoms with Crippen LogP contribution >= 0.6 is 0 Å². The maximum absolute atomic E-state index is 3.80. The average Bonchev–Trinajstić information content (AvgIpc) is 2.99. The predicted octanol–water partition coefficient (Wildman–Crippen LogP) is 5.40. The van der Waals surface area contributed by atoms with Gasteiger partial charge in [0, 0.05) is 6.54 Å². The molecule has 2 aliphatic carbocycles. The van der Waals surface area contributed by atoms with Crippen molar-refractivity contribution in [3.8, 4) is 0 Å². The molecule has 0 radical (unpaired) electrons. The van der Waals surface area contributed by atoms with Crippen LogP contribution in [0.3, 0.4) is 0 Å². The molecule has 3 unspecified atom stereocenters. The lowest BCUT2D eigenvalue weighted by molar-refractivity contribution is 0.136. The van der Waals surface area contributed by atoms with Crippen LogP contribution in [-0.4, -0.2) is 13.1 Å². The molecule has 1 nitrogen and oxygen atoms in total. The standard InChI is InChI=1S/C19H37N/c1-4-5-6-7-8-11-19(15-20-14-16(2)3)13-17-9-10-18(19)12-17/h16-18,20H,4-15H2,1-3H3. The molecule has 20 heavy (non-hydrogen) atoms. The molecule has 1 N–H and O–H groups in total. The van der Waals surface area contributed by atoms with E-state index in [4.69, 9.17) is 0 Å². The zero-order chi connectivity index (χ0) is 14.4. The number of rotatable bonds is 10. The molecule has 0 amide bonds. The van der Waals surface area contributed by atoms with E-state index in [0.29, 0.717) is 5.41 Å². The highest BCUT2D eigenvalue weighted by Crippen LogP contribution is 2.57. The summed E-state index contributed by atoms with van der Waals surface area (Å²) in [6, 6.07) is 0. The zero-order valence-corrected chi connectivity index (χ0v) is 14.2. The lowest BCUT2D eigenvalue weighted by atomic mass is 9.69. The molecule has 2 bridgehead atoms. The van der Waals surface area contributed by atoms with E-state index < -0.39 is 0 Å². The van der Waals surface area contributed by atoms with E-state index in [1.807, 2.05) is 0 Å². The Hall–Kier alpha value is -0.0400. The van der Waals surface area contributed by atoms with E-state index in [-0.39, 0.29) is 0 Å². The fourth-order valence-electron chi connectivity index (χ4n) is 4.86. The van der Waals surface area contributed by atoms with Crippen LogP contribution in [0.4, 0.5) is 0 Å². The van der Waals surface area contributed by atoms with Gasteiger partial charge in [-0.1, -0.05) is 59.3 Å². The van der Waals surface area contributed by atoms with Crippen LogP contribution in [0.1, 0.15) is 85.0 Å². The number of unbranched alkanes of at least 4 members (excludes halogenated alkanes) is 4. The van der Waals surface area contributed by atoms with Gasteiger partial charge in [0.2, 0.25) is 0 Å². The molecule has 0 spiro atoms. The van der Waals surface area contributed by atoms with Crippen LogP contribution in [0.5, 0.6) is 0 Å². The molecule has 0 aromatic heterocycles. The summed E-state index contributed by atoms with van der Waals surface area (Å²) in [5.41, 5.74) is 0.685. The molecule has 0 saturated heterocycles. The summed E-state index contributed by atoms with van der Waals surface area (Å²) in [4.78, 5) is 0. The van der Waals surface area contributed by atoms with Crippen LogP contribution in [0.15, 0.2) is 0 Å². The van der Waals surface area contributed by atoms with Crippen molar-refractivity contribution in [2.24, 2.45) is 23.2 Å². The summed E-state index contributed by atoms with van der Waals surface area (Å²) in [5, 5.41) is 3.80. The van der Waals surface area contributed by atoms with Crippen molar-refractivity contribution in [2.75, 3.05) is 13.1 Å². The first-order valence-corrected chi connectivity index (χ1v) is 9.37. The second-order valence-corrected chi connectivity index (χ2v) is 8.13. The molecule has 2 saturated carbocycles. The molecular formula is C19H37N. The lowest BCUT2D eigenvalue weighted by Crippen LogP contribution is -2.40. The summed E-state index contributed by atoms with van der Waals surface area (Å²) in [7, 11) is 0. The van der Waals surface area contributed by atoms with Gasteiger partial charge < -0.3 is 5.32 Å². The van der Waals surface area contributed by atoms with E-state index in [1.54, 1.807) is 6.42 Å². The van der Waals surface area contributed by atoms with E-state index in [0.717, 1.165) is 17.8 Å². The monoisotopic (exact) mass is 279 g/mol. The van der Waals surface area contributed by atoms with Gasteiger partial charge in [-0.2, -0.15) is 0 Å². The van der Waals surface area contributed by atoms with Crippen molar-refractivity contribution < 1.29 is 0 Å². The Morgan fingerprint density at radius 1 is 1.10 bits per heavy atom. The van der Waals surface area contributed by atoms with Crippen LogP contribution in [0.2, 0.25) is 0 Å². The van der Waals surface area contributed by atoms with Gasteiger partial charge in [0.25, 0.3) is 0 Å². The molecular weight excluding hydrogens is 242 g/mol. The van der Waals surface area contributed by atoms with Gasteiger partial charge in [0.05, 0.1) is 0 Å². The predicted molar refractivity (Wildman–Crippen MR) is 89.0 cm³/mol. The molecule has 0 aromatic carbocycles. The molecule has 0 aliphatic heterocycles. The Kier molecular flexibility index (Phi) is 6.39. The van der Waals surface area contributed by atoms with Crippen LogP contribution < -0.4 is 5.32 Å². The largest absolute Gasteiger partial charge is 0.316 e. The molecule has 3 atom stereocenters. The zero-order valence-electron chi connectivity index (χ0n) is 14.2. The van der Waals surface area contributed by atoms with Gasteiger partial charge in [-0.25, -0.2) is 0 Å². The van der Waals surface area contributed by atoms with Gasteiger partial charge in [-0.15, -0.1) is 0 Å². The van der Waals surface area contributed by atoms with Crippen molar-refractivity contribution in [1.82, 2.24) is 5.32 Å². The molecule has 0 heterocycles. The Balaban J connectivity index is 1.78. The molecule has 2 aliphatic rings. The summed E-state index contributed by atoms with van der Waals surface area (Å²) < 4.78 is 0. The average molecular weight is 280 g/mol. The van der Waals surface area contributed by atoms with Gasteiger partial charge in [-0.3, -0.25) is 0 Å². The molecule has 0 aromatic rings. The van der Waals surface area contributed by atoms with Crippen LogP contribution in [0, 0.1) is 23.2 Å². The SMILES string of the molecule is CCCCCCCC1(CNCC(C)C)CC2CCC1C2. The highest BCUT2D eigenvalue weighted by molar-refractivity contribution is 5.01. The normalized spacial score (nSPS) is 32.4. The number of nitrogens with one attached hydrogen (secondary N) is 1. The lowest BCUT2D eigenvalue weighted by Gasteiger charge is -2.38. The number of fused-ring (bicyclic) bond motifs is 2. The highest BCUT2D eigenvalue weighted by Gasteiger charge is 2.49. The van der Waals surface area contributed by atoms with Crippen molar-refractivity contribution >= 4 is 0 Å². The Bertz CT molecular complexity index is 273. The second-order valence-electron chi connectivity index (χ2n) is 8.13. The summed E-state index contributed by atoms with van der Waals surface area (Å²) in [5.74, 6) is 2.92. The van der Waals surface area contributed by atoms with E-state index in [1.165, 1.54) is 70.9 Å². The number of hydrogen-bond acceptors (Lipinski definition) is 1. The first kappa shape index (κ1) is 16.3. The van der Waals surface area contributed by atoms with Gasteiger partial charge in [-0.05, 0) is 55.4 Å². The van der Waals surface area contributed by atoms with Crippen molar-refractivity contribution in [1.29, 1.82) is 0 Å². The Labute approximate surface area is 127 Å². The molecule has 1 heteroatoms. The quantitative estimate of drug-likeness (QED) is 0.528. The maximum Gasteiger partial charge on any atom is 0.00107 e. The first-order chi connectivity index (χ1) is 9.66. The third kappa shape index (κ3) is 4.23. The highest BCUT2D eigenvalue weighted by atomic mass is 14.9.